The van der Waals surface area contributed by atoms with Gasteiger partial charge in [-0.1, -0.05) is 53.7 Å². The number of benzene rings is 3. The molecule has 2 aromatic heterocycles. The standard InChI is InChI=1S/C27H26N6O/c1-32(2)22-11-7-18(8-12-22)15-33-16-24-23(28-17-29-24)14-25(33)27-30-26(31-34-27)21-10-9-19-5-3-4-6-20(19)13-21/h3-13,17,25H,14-16H2,1-2H3,(H,28,29)/t25-/m0/s1. The number of imidazole rings is 1. The molecule has 0 fully saturated rings. The minimum absolute atomic E-state index is 0.0361. The Morgan fingerprint density at radius 2 is 1.85 bits per heavy atom. The Balaban J connectivity index is 1.30. The fourth-order valence-electron chi connectivity index (χ4n) is 4.65. The molecular formula is C27H26N6O. The normalized spacial score (nSPS) is 16.0. The summed E-state index contributed by atoms with van der Waals surface area (Å²) in [5.41, 5.74) is 5.60. The molecule has 0 spiro atoms. The Hall–Kier alpha value is -3.97. The second-order valence-electron chi connectivity index (χ2n) is 9.03. The molecule has 1 atom stereocenters. The van der Waals surface area contributed by atoms with Gasteiger partial charge >= 0.3 is 0 Å². The molecule has 0 amide bonds. The monoisotopic (exact) mass is 450 g/mol. The molecule has 3 heterocycles. The van der Waals surface area contributed by atoms with E-state index in [1.807, 2.05) is 18.2 Å². The molecule has 5 aromatic rings. The third-order valence-corrected chi connectivity index (χ3v) is 6.57. The van der Waals surface area contributed by atoms with E-state index >= 15 is 0 Å². The second kappa shape index (κ2) is 8.43. The molecule has 1 N–H and O–H groups in total. The van der Waals surface area contributed by atoms with Gasteiger partial charge in [-0.25, -0.2) is 4.98 Å². The topological polar surface area (TPSA) is 74.1 Å². The Morgan fingerprint density at radius 1 is 1.03 bits per heavy atom. The maximum Gasteiger partial charge on any atom is 0.244 e. The van der Waals surface area contributed by atoms with E-state index < -0.39 is 0 Å². The lowest BCUT2D eigenvalue weighted by atomic mass is 10.0. The molecule has 0 saturated carbocycles. The summed E-state index contributed by atoms with van der Waals surface area (Å²) in [5, 5.41) is 6.69. The first-order valence-electron chi connectivity index (χ1n) is 11.5. The molecular weight excluding hydrogens is 424 g/mol. The van der Waals surface area contributed by atoms with Crippen molar-refractivity contribution >= 4 is 16.5 Å². The Morgan fingerprint density at radius 3 is 2.68 bits per heavy atom. The van der Waals surface area contributed by atoms with Gasteiger partial charge in [-0.05, 0) is 34.5 Å². The maximum absolute atomic E-state index is 5.83. The summed E-state index contributed by atoms with van der Waals surface area (Å²) in [6.45, 7) is 1.54. The van der Waals surface area contributed by atoms with Gasteiger partial charge in [0.1, 0.15) is 0 Å². The van der Waals surface area contributed by atoms with Gasteiger partial charge in [-0.15, -0.1) is 0 Å². The summed E-state index contributed by atoms with van der Waals surface area (Å²) in [6.07, 6.45) is 2.50. The summed E-state index contributed by atoms with van der Waals surface area (Å²) in [5.74, 6) is 1.24. The summed E-state index contributed by atoms with van der Waals surface area (Å²) >= 11 is 0. The lowest BCUT2D eigenvalue weighted by Crippen LogP contribution is -2.34. The van der Waals surface area contributed by atoms with Crippen LogP contribution in [-0.2, 0) is 19.5 Å². The third-order valence-electron chi connectivity index (χ3n) is 6.57. The fraction of sp³-hybridized carbons (Fsp3) is 0.222. The first kappa shape index (κ1) is 20.6. The number of anilines is 1. The van der Waals surface area contributed by atoms with Crippen LogP contribution in [0.4, 0.5) is 5.69 Å². The van der Waals surface area contributed by atoms with Crippen LogP contribution in [0, 0.1) is 0 Å². The van der Waals surface area contributed by atoms with Crippen LogP contribution in [0.3, 0.4) is 0 Å². The van der Waals surface area contributed by atoms with Crippen LogP contribution in [0.5, 0.6) is 0 Å². The van der Waals surface area contributed by atoms with E-state index in [0.717, 1.165) is 41.8 Å². The molecule has 7 heteroatoms. The molecule has 170 valence electrons. The maximum atomic E-state index is 5.83. The van der Waals surface area contributed by atoms with E-state index in [1.165, 1.54) is 16.6 Å². The van der Waals surface area contributed by atoms with Crippen LogP contribution >= 0.6 is 0 Å². The van der Waals surface area contributed by atoms with Crippen LogP contribution in [0.15, 0.2) is 77.6 Å². The van der Waals surface area contributed by atoms with Crippen molar-refractivity contribution in [2.45, 2.75) is 25.6 Å². The van der Waals surface area contributed by atoms with E-state index in [9.17, 15) is 0 Å². The number of aromatic amines is 1. The lowest BCUT2D eigenvalue weighted by molar-refractivity contribution is 0.128. The third kappa shape index (κ3) is 3.84. The summed E-state index contributed by atoms with van der Waals surface area (Å²) < 4.78 is 5.83. The molecule has 6 rings (SSSR count). The van der Waals surface area contributed by atoms with Crippen molar-refractivity contribution in [2.75, 3.05) is 19.0 Å². The highest BCUT2D eigenvalue weighted by molar-refractivity contribution is 5.86. The fourth-order valence-corrected chi connectivity index (χ4v) is 4.65. The lowest BCUT2D eigenvalue weighted by Gasteiger charge is -2.32. The van der Waals surface area contributed by atoms with E-state index in [-0.39, 0.29) is 6.04 Å². The average molecular weight is 451 g/mol. The smallest absolute Gasteiger partial charge is 0.244 e. The summed E-state index contributed by atoms with van der Waals surface area (Å²) in [6, 6.07) is 23.2. The molecule has 34 heavy (non-hydrogen) atoms. The van der Waals surface area contributed by atoms with Crippen molar-refractivity contribution in [2.24, 2.45) is 0 Å². The number of hydrogen-bond donors (Lipinski definition) is 1. The first-order valence-corrected chi connectivity index (χ1v) is 11.5. The van der Waals surface area contributed by atoms with Gasteiger partial charge in [-0.2, -0.15) is 4.98 Å². The molecule has 0 aliphatic carbocycles. The molecule has 3 aromatic carbocycles. The van der Waals surface area contributed by atoms with Crippen LogP contribution in [0.25, 0.3) is 22.2 Å². The highest BCUT2D eigenvalue weighted by Gasteiger charge is 2.33. The highest BCUT2D eigenvalue weighted by atomic mass is 16.5. The second-order valence-corrected chi connectivity index (χ2v) is 9.03. The highest BCUT2D eigenvalue weighted by Crippen LogP contribution is 2.34. The van der Waals surface area contributed by atoms with Gasteiger partial charge in [0.05, 0.1) is 23.8 Å². The Labute approximate surface area is 198 Å². The van der Waals surface area contributed by atoms with Gasteiger partial charge in [-0.3, -0.25) is 4.90 Å². The van der Waals surface area contributed by atoms with E-state index in [1.54, 1.807) is 6.33 Å². The van der Waals surface area contributed by atoms with Crippen LogP contribution in [0.2, 0.25) is 0 Å². The minimum Gasteiger partial charge on any atom is -0.378 e. The van der Waals surface area contributed by atoms with Crippen molar-refractivity contribution in [1.82, 2.24) is 25.0 Å². The average Bonchev–Trinajstić information content (AvgIpc) is 3.53. The molecule has 0 bridgehead atoms. The number of rotatable bonds is 5. The Kier molecular flexibility index (Phi) is 5.11. The van der Waals surface area contributed by atoms with Crippen LogP contribution < -0.4 is 4.90 Å². The molecule has 0 unspecified atom stereocenters. The molecule has 1 aliphatic heterocycles. The zero-order valence-electron chi connectivity index (χ0n) is 19.3. The largest absolute Gasteiger partial charge is 0.378 e. The van der Waals surface area contributed by atoms with Crippen LogP contribution in [0.1, 0.15) is 28.9 Å². The minimum atomic E-state index is -0.0361. The van der Waals surface area contributed by atoms with Crippen molar-refractivity contribution in [3.8, 4) is 11.4 Å². The van der Waals surface area contributed by atoms with Gasteiger partial charge in [0, 0.05) is 44.9 Å². The number of nitrogens with one attached hydrogen (secondary N) is 1. The van der Waals surface area contributed by atoms with Crippen molar-refractivity contribution in [3.05, 3.63) is 95.9 Å². The van der Waals surface area contributed by atoms with Gasteiger partial charge in [0.25, 0.3) is 0 Å². The zero-order valence-corrected chi connectivity index (χ0v) is 19.3. The first-order chi connectivity index (χ1) is 16.6. The molecule has 1 aliphatic rings. The molecule has 0 radical (unpaired) electrons. The summed E-state index contributed by atoms with van der Waals surface area (Å²) in [4.78, 5) is 17.1. The predicted molar refractivity (Wildman–Crippen MR) is 132 cm³/mol. The molecule has 7 nitrogen and oxygen atoms in total. The number of fused-ring (bicyclic) bond motifs is 2. The molecule has 0 saturated heterocycles. The zero-order chi connectivity index (χ0) is 23.1. The number of H-pyrrole nitrogens is 1. The van der Waals surface area contributed by atoms with E-state index in [2.05, 4.69) is 87.6 Å². The van der Waals surface area contributed by atoms with E-state index in [4.69, 9.17) is 9.51 Å². The number of nitrogens with zero attached hydrogens (tertiary/aromatic N) is 5. The van der Waals surface area contributed by atoms with Crippen molar-refractivity contribution in [3.63, 3.8) is 0 Å². The number of aromatic nitrogens is 4. The SMILES string of the molecule is CN(C)c1ccc(CN2Cc3[nH]cnc3C[C@H]2c2nc(-c3ccc4ccccc4c3)no2)cc1. The van der Waals surface area contributed by atoms with Crippen molar-refractivity contribution < 1.29 is 4.52 Å². The van der Waals surface area contributed by atoms with Gasteiger partial charge < -0.3 is 14.4 Å². The summed E-state index contributed by atoms with van der Waals surface area (Å²) in [7, 11) is 4.11. The van der Waals surface area contributed by atoms with Gasteiger partial charge in [0.2, 0.25) is 11.7 Å². The van der Waals surface area contributed by atoms with Crippen molar-refractivity contribution in [1.29, 1.82) is 0 Å². The predicted octanol–water partition coefficient (Wildman–Crippen LogP) is 4.98. The van der Waals surface area contributed by atoms with Crippen LogP contribution in [-0.4, -0.2) is 39.1 Å². The van der Waals surface area contributed by atoms with E-state index in [0.29, 0.717) is 11.7 Å². The quantitative estimate of drug-likeness (QED) is 0.407. The number of hydrogen-bond acceptors (Lipinski definition) is 6. The Bertz CT molecular complexity index is 1440. The van der Waals surface area contributed by atoms with Gasteiger partial charge in [0.15, 0.2) is 0 Å².